The van der Waals surface area contributed by atoms with Gasteiger partial charge in [-0.3, -0.25) is 4.98 Å². The Labute approximate surface area is 114 Å². The topological polar surface area (TPSA) is 60.2 Å². The van der Waals surface area contributed by atoms with Gasteiger partial charge < -0.3 is 15.8 Å². The van der Waals surface area contributed by atoms with Crippen molar-refractivity contribution in [1.29, 1.82) is 0 Å². The number of benzene rings is 1. The van der Waals surface area contributed by atoms with Crippen molar-refractivity contribution in [2.45, 2.75) is 19.8 Å². The van der Waals surface area contributed by atoms with Crippen LogP contribution in [0.15, 0.2) is 30.5 Å². The quantitative estimate of drug-likeness (QED) is 0.592. The molecule has 1 heterocycles. The van der Waals surface area contributed by atoms with E-state index < -0.39 is 0 Å². The van der Waals surface area contributed by atoms with E-state index >= 15 is 0 Å². The average molecular weight is 259 g/mol. The van der Waals surface area contributed by atoms with Crippen molar-refractivity contribution >= 4 is 22.3 Å². The minimum Gasteiger partial charge on any atom is -0.398 e. The van der Waals surface area contributed by atoms with Crippen LogP contribution in [-0.2, 0) is 4.74 Å². The molecule has 0 bridgehead atoms. The van der Waals surface area contributed by atoms with Gasteiger partial charge in [-0.1, -0.05) is 6.92 Å². The first-order valence-electron chi connectivity index (χ1n) is 6.77. The van der Waals surface area contributed by atoms with E-state index in [9.17, 15) is 0 Å². The van der Waals surface area contributed by atoms with Crippen LogP contribution in [-0.4, -0.2) is 24.7 Å². The third-order valence-corrected chi connectivity index (χ3v) is 2.93. The monoisotopic (exact) mass is 259 g/mol. The first-order chi connectivity index (χ1) is 9.33. The molecule has 19 heavy (non-hydrogen) atoms. The summed E-state index contributed by atoms with van der Waals surface area (Å²) >= 11 is 0. The number of nitrogens with zero attached hydrogens (tertiary/aromatic N) is 1. The molecule has 0 radical (unpaired) electrons. The minimum absolute atomic E-state index is 0.764. The molecule has 0 unspecified atom stereocenters. The largest absolute Gasteiger partial charge is 0.398 e. The summed E-state index contributed by atoms with van der Waals surface area (Å²) in [5.41, 5.74) is 8.67. The lowest BCUT2D eigenvalue weighted by Gasteiger charge is -2.10. The Kier molecular flexibility index (Phi) is 4.98. The lowest BCUT2D eigenvalue weighted by atomic mass is 10.1. The zero-order valence-electron chi connectivity index (χ0n) is 11.4. The van der Waals surface area contributed by atoms with E-state index in [0.29, 0.717) is 0 Å². The number of fused-ring (bicyclic) bond motifs is 1. The number of nitrogens with two attached hydrogens (primary N) is 1. The Bertz CT molecular complexity index is 528. The Morgan fingerprint density at radius 2 is 2.16 bits per heavy atom. The molecule has 0 spiro atoms. The molecule has 1 aromatic carbocycles. The molecular weight excluding hydrogens is 238 g/mol. The molecule has 0 aliphatic carbocycles. The zero-order valence-corrected chi connectivity index (χ0v) is 11.4. The highest BCUT2D eigenvalue weighted by molar-refractivity contribution is 5.98. The standard InChI is InChI=1S/C15H21N3O/c1-2-10-19-11-4-9-17-14-7-6-13(16)12-5-3-8-18-15(12)14/h3,5-8,17H,2,4,9-11,16H2,1H3. The number of rotatable bonds is 7. The number of ether oxygens (including phenoxy) is 1. The van der Waals surface area contributed by atoms with E-state index in [-0.39, 0.29) is 0 Å². The van der Waals surface area contributed by atoms with Crippen LogP contribution >= 0.6 is 0 Å². The van der Waals surface area contributed by atoms with Crippen LogP contribution in [0.4, 0.5) is 11.4 Å². The first-order valence-corrected chi connectivity index (χ1v) is 6.77. The highest BCUT2D eigenvalue weighted by Crippen LogP contribution is 2.25. The van der Waals surface area contributed by atoms with Crippen molar-refractivity contribution in [3.63, 3.8) is 0 Å². The molecule has 0 fully saturated rings. The predicted octanol–water partition coefficient (Wildman–Crippen LogP) is 3.05. The van der Waals surface area contributed by atoms with Crippen molar-refractivity contribution in [2.75, 3.05) is 30.8 Å². The second kappa shape index (κ2) is 6.95. The maximum Gasteiger partial charge on any atom is 0.0953 e. The van der Waals surface area contributed by atoms with E-state index in [1.807, 2.05) is 24.3 Å². The van der Waals surface area contributed by atoms with Gasteiger partial charge in [0.1, 0.15) is 0 Å². The van der Waals surface area contributed by atoms with Gasteiger partial charge in [0, 0.05) is 37.0 Å². The van der Waals surface area contributed by atoms with Crippen molar-refractivity contribution in [3.05, 3.63) is 30.5 Å². The lowest BCUT2D eigenvalue weighted by molar-refractivity contribution is 0.134. The van der Waals surface area contributed by atoms with Crippen molar-refractivity contribution in [3.8, 4) is 0 Å². The summed E-state index contributed by atoms with van der Waals surface area (Å²) in [4.78, 5) is 4.40. The number of hydrogen-bond donors (Lipinski definition) is 2. The minimum atomic E-state index is 0.764. The summed E-state index contributed by atoms with van der Waals surface area (Å²) in [6, 6.07) is 7.80. The van der Waals surface area contributed by atoms with Gasteiger partial charge in [-0.15, -0.1) is 0 Å². The fraction of sp³-hybridized carbons (Fsp3) is 0.400. The summed E-state index contributed by atoms with van der Waals surface area (Å²) in [6.07, 6.45) is 3.84. The highest BCUT2D eigenvalue weighted by Gasteiger charge is 2.04. The molecule has 0 amide bonds. The summed E-state index contributed by atoms with van der Waals surface area (Å²) in [5.74, 6) is 0. The van der Waals surface area contributed by atoms with Crippen LogP contribution in [0.5, 0.6) is 0 Å². The molecule has 0 saturated carbocycles. The number of aromatic nitrogens is 1. The summed E-state index contributed by atoms with van der Waals surface area (Å²) in [7, 11) is 0. The fourth-order valence-corrected chi connectivity index (χ4v) is 1.98. The maximum atomic E-state index is 5.95. The molecule has 3 N–H and O–H groups in total. The van der Waals surface area contributed by atoms with Crippen LogP contribution in [0.3, 0.4) is 0 Å². The normalized spacial score (nSPS) is 10.8. The Morgan fingerprint density at radius 1 is 1.26 bits per heavy atom. The van der Waals surface area contributed by atoms with Crippen molar-refractivity contribution in [1.82, 2.24) is 4.98 Å². The summed E-state index contributed by atoms with van der Waals surface area (Å²) < 4.78 is 5.45. The summed E-state index contributed by atoms with van der Waals surface area (Å²) in [6.45, 7) is 4.62. The molecule has 102 valence electrons. The summed E-state index contributed by atoms with van der Waals surface area (Å²) in [5, 5.41) is 4.39. The van der Waals surface area contributed by atoms with Gasteiger partial charge in [0.25, 0.3) is 0 Å². The van der Waals surface area contributed by atoms with Gasteiger partial charge in [0.05, 0.1) is 11.2 Å². The second-order valence-electron chi connectivity index (χ2n) is 4.49. The Hall–Kier alpha value is -1.81. The fourth-order valence-electron chi connectivity index (χ4n) is 1.98. The van der Waals surface area contributed by atoms with Gasteiger partial charge in [0.2, 0.25) is 0 Å². The predicted molar refractivity (Wildman–Crippen MR) is 80.4 cm³/mol. The molecule has 4 nitrogen and oxygen atoms in total. The number of nitrogen functional groups attached to an aromatic ring is 1. The van der Waals surface area contributed by atoms with Gasteiger partial charge >= 0.3 is 0 Å². The molecule has 0 aliphatic heterocycles. The van der Waals surface area contributed by atoms with Gasteiger partial charge in [0.15, 0.2) is 0 Å². The first kappa shape index (κ1) is 13.6. The molecule has 1 aromatic heterocycles. The Balaban J connectivity index is 1.96. The van der Waals surface area contributed by atoms with Crippen molar-refractivity contribution in [2.24, 2.45) is 0 Å². The molecule has 4 heteroatoms. The lowest BCUT2D eigenvalue weighted by Crippen LogP contribution is -2.07. The number of pyridine rings is 1. The number of hydrogen-bond acceptors (Lipinski definition) is 4. The van der Waals surface area contributed by atoms with Gasteiger partial charge in [-0.05, 0) is 37.1 Å². The average Bonchev–Trinajstić information content (AvgIpc) is 2.45. The molecule has 2 rings (SSSR count). The molecule has 2 aromatic rings. The van der Waals surface area contributed by atoms with Crippen LogP contribution in [0, 0.1) is 0 Å². The molecule has 0 saturated heterocycles. The van der Waals surface area contributed by atoms with E-state index in [4.69, 9.17) is 10.5 Å². The maximum absolute atomic E-state index is 5.95. The van der Waals surface area contributed by atoms with Gasteiger partial charge in [-0.2, -0.15) is 0 Å². The van der Waals surface area contributed by atoms with E-state index in [0.717, 1.165) is 54.9 Å². The van der Waals surface area contributed by atoms with Crippen LogP contribution in [0.2, 0.25) is 0 Å². The molecular formula is C15H21N3O. The number of anilines is 2. The van der Waals surface area contributed by atoms with Crippen LogP contribution in [0.1, 0.15) is 19.8 Å². The van der Waals surface area contributed by atoms with E-state index in [1.165, 1.54) is 0 Å². The van der Waals surface area contributed by atoms with E-state index in [2.05, 4.69) is 17.2 Å². The van der Waals surface area contributed by atoms with Gasteiger partial charge in [-0.25, -0.2) is 0 Å². The SMILES string of the molecule is CCCOCCCNc1ccc(N)c2cccnc12. The molecule has 0 atom stereocenters. The second-order valence-corrected chi connectivity index (χ2v) is 4.49. The van der Waals surface area contributed by atoms with Crippen LogP contribution < -0.4 is 11.1 Å². The van der Waals surface area contributed by atoms with Crippen molar-refractivity contribution < 1.29 is 4.74 Å². The van der Waals surface area contributed by atoms with E-state index in [1.54, 1.807) is 6.20 Å². The zero-order chi connectivity index (χ0) is 13.5. The Morgan fingerprint density at radius 3 is 3.00 bits per heavy atom. The van der Waals surface area contributed by atoms with Crippen LogP contribution in [0.25, 0.3) is 10.9 Å². The number of nitrogens with one attached hydrogen (secondary N) is 1. The third kappa shape index (κ3) is 3.58. The molecule has 0 aliphatic rings. The smallest absolute Gasteiger partial charge is 0.0953 e. The highest BCUT2D eigenvalue weighted by atomic mass is 16.5. The third-order valence-electron chi connectivity index (χ3n) is 2.93.